The zero-order valence-corrected chi connectivity index (χ0v) is 20.7. The number of aromatic nitrogens is 2. The molecule has 1 aliphatic rings. The largest absolute Gasteiger partial charge is 0.444 e. The lowest BCUT2D eigenvalue weighted by molar-refractivity contribution is -0.0755. The number of aliphatic imine (C=N–C) groups is 1. The highest BCUT2D eigenvalue weighted by atomic mass is 127. The summed E-state index contributed by atoms with van der Waals surface area (Å²) in [5.41, 5.74) is -1.36. The molecule has 1 aromatic heterocycles. The first-order valence-corrected chi connectivity index (χ1v) is 9.37. The summed E-state index contributed by atoms with van der Waals surface area (Å²) in [6, 6.07) is -0.228. The number of ether oxygens (including phenoxy) is 2. The first kappa shape index (κ1) is 25.4. The normalized spacial score (nSPS) is 21.5. The van der Waals surface area contributed by atoms with Gasteiger partial charge in [0.1, 0.15) is 11.3 Å². The SMILES string of the molecule is CN=C(NCc1nc(C)no1)NCC1C(C)OC(C)(C)N1C(=O)OC(C)(C)C.I. The highest BCUT2D eigenvalue weighted by Gasteiger charge is 2.49. The van der Waals surface area contributed by atoms with Gasteiger partial charge in [0, 0.05) is 13.6 Å². The third kappa shape index (κ3) is 6.98. The summed E-state index contributed by atoms with van der Waals surface area (Å²) < 4.78 is 16.7. The summed E-state index contributed by atoms with van der Waals surface area (Å²) in [6.45, 7) is 13.7. The Kier molecular flexibility index (Phi) is 8.69. The number of amides is 1. The van der Waals surface area contributed by atoms with Crippen molar-refractivity contribution in [3.05, 3.63) is 11.7 Å². The predicted octanol–water partition coefficient (Wildman–Crippen LogP) is 2.42. The Labute approximate surface area is 189 Å². The fraction of sp³-hybridized carbons (Fsp3) is 0.778. The average molecular weight is 524 g/mol. The molecular weight excluding hydrogens is 491 g/mol. The number of carbonyl (C=O) groups excluding carboxylic acids is 1. The second-order valence-electron chi connectivity index (χ2n) is 8.23. The number of guanidine groups is 1. The van der Waals surface area contributed by atoms with Gasteiger partial charge in [-0.3, -0.25) is 9.89 Å². The van der Waals surface area contributed by atoms with Crippen molar-refractivity contribution < 1.29 is 18.8 Å². The molecule has 2 heterocycles. The fourth-order valence-electron chi connectivity index (χ4n) is 3.12. The van der Waals surface area contributed by atoms with Crippen molar-refractivity contribution in [1.29, 1.82) is 0 Å². The molecule has 1 fully saturated rings. The maximum absolute atomic E-state index is 12.8. The van der Waals surface area contributed by atoms with Crippen LogP contribution in [0.5, 0.6) is 0 Å². The summed E-state index contributed by atoms with van der Waals surface area (Å²) in [5.74, 6) is 1.60. The van der Waals surface area contributed by atoms with Crippen LogP contribution in [0.2, 0.25) is 0 Å². The monoisotopic (exact) mass is 524 g/mol. The molecule has 1 aliphatic heterocycles. The number of nitrogens with zero attached hydrogens (tertiary/aromatic N) is 4. The molecule has 166 valence electrons. The molecule has 2 unspecified atom stereocenters. The van der Waals surface area contributed by atoms with E-state index < -0.39 is 17.4 Å². The number of hydrogen-bond acceptors (Lipinski definition) is 7. The molecule has 2 atom stereocenters. The highest BCUT2D eigenvalue weighted by molar-refractivity contribution is 14.0. The van der Waals surface area contributed by atoms with Crippen LogP contribution in [0.4, 0.5) is 4.79 Å². The van der Waals surface area contributed by atoms with Gasteiger partial charge in [-0.05, 0) is 48.5 Å². The molecule has 2 N–H and O–H groups in total. The van der Waals surface area contributed by atoms with E-state index in [9.17, 15) is 4.79 Å². The summed E-state index contributed by atoms with van der Waals surface area (Å²) >= 11 is 0. The first-order valence-electron chi connectivity index (χ1n) is 9.37. The molecule has 0 spiro atoms. The van der Waals surface area contributed by atoms with Crippen LogP contribution < -0.4 is 10.6 Å². The van der Waals surface area contributed by atoms with E-state index >= 15 is 0 Å². The van der Waals surface area contributed by atoms with Gasteiger partial charge < -0.3 is 24.6 Å². The van der Waals surface area contributed by atoms with Crippen molar-refractivity contribution >= 4 is 36.0 Å². The Morgan fingerprint density at radius 2 is 2.00 bits per heavy atom. The maximum atomic E-state index is 12.8. The first-order chi connectivity index (χ1) is 12.9. The van der Waals surface area contributed by atoms with E-state index in [1.165, 1.54) is 0 Å². The van der Waals surface area contributed by atoms with Gasteiger partial charge in [-0.25, -0.2) is 4.79 Å². The number of nitrogens with one attached hydrogen (secondary N) is 2. The minimum Gasteiger partial charge on any atom is -0.444 e. The smallest absolute Gasteiger partial charge is 0.412 e. The van der Waals surface area contributed by atoms with Gasteiger partial charge in [0.25, 0.3) is 0 Å². The molecule has 0 saturated carbocycles. The summed E-state index contributed by atoms with van der Waals surface area (Å²) in [7, 11) is 1.67. The second kappa shape index (κ2) is 9.92. The molecule has 1 aromatic rings. The minimum absolute atomic E-state index is 0. The van der Waals surface area contributed by atoms with Gasteiger partial charge in [0.05, 0.1) is 18.7 Å². The molecule has 0 radical (unpaired) electrons. The van der Waals surface area contributed by atoms with Crippen molar-refractivity contribution in [3.63, 3.8) is 0 Å². The van der Waals surface area contributed by atoms with E-state index in [1.54, 1.807) is 18.9 Å². The van der Waals surface area contributed by atoms with Gasteiger partial charge >= 0.3 is 6.09 Å². The number of aryl methyl sites for hydroxylation is 1. The molecule has 1 saturated heterocycles. The Hall–Kier alpha value is -1.63. The van der Waals surface area contributed by atoms with Gasteiger partial charge in [-0.1, -0.05) is 5.16 Å². The maximum Gasteiger partial charge on any atom is 0.412 e. The second-order valence-corrected chi connectivity index (χ2v) is 8.23. The zero-order chi connectivity index (χ0) is 21.1. The van der Waals surface area contributed by atoms with Gasteiger partial charge in [-0.2, -0.15) is 4.98 Å². The molecule has 1 amide bonds. The zero-order valence-electron chi connectivity index (χ0n) is 18.4. The lowest BCUT2D eigenvalue weighted by Crippen LogP contribution is -2.54. The van der Waals surface area contributed by atoms with Crippen LogP contribution in [0.3, 0.4) is 0 Å². The third-order valence-corrected chi connectivity index (χ3v) is 4.20. The summed E-state index contributed by atoms with van der Waals surface area (Å²) in [5, 5.41) is 10.1. The van der Waals surface area contributed by atoms with Gasteiger partial charge in [0.15, 0.2) is 11.8 Å². The average Bonchev–Trinajstić information content (AvgIpc) is 3.05. The third-order valence-electron chi connectivity index (χ3n) is 4.20. The van der Waals surface area contributed by atoms with Crippen LogP contribution in [-0.4, -0.2) is 64.2 Å². The van der Waals surface area contributed by atoms with E-state index in [0.29, 0.717) is 30.8 Å². The number of hydrogen-bond donors (Lipinski definition) is 2. The van der Waals surface area contributed by atoms with Crippen LogP contribution >= 0.6 is 24.0 Å². The standard InChI is InChI=1S/C18H32N6O4.HI/c1-11-13(24(18(6,7)26-11)16(25)27-17(3,4)5)9-20-15(19-8)21-10-14-22-12(2)23-28-14;/h11,13H,9-10H2,1-8H3,(H2,19,20,21);1H. The number of carbonyl (C=O) groups is 1. The van der Waals surface area contributed by atoms with Crippen LogP contribution in [0.25, 0.3) is 0 Å². The van der Waals surface area contributed by atoms with Crippen molar-refractivity contribution in [2.45, 2.75) is 78.5 Å². The molecule has 0 aliphatic carbocycles. The minimum atomic E-state index is -0.771. The molecule has 0 bridgehead atoms. The Morgan fingerprint density at radius 1 is 1.34 bits per heavy atom. The van der Waals surface area contributed by atoms with E-state index in [-0.39, 0.29) is 36.1 Å². The quantitative estimate of drug-likeness (QED) is 0.351. The lowest BCUT2D eigenvalue weighted by Gasteiger charge is -2.35. The summed E-state index contributed by atoms with van der Waals surface area (Å²) in [4.78, 5) is 22.8. The topological polar surface area (TPSA) is 114 Å². The Morgan fingerprint density at radius 3 is 2.52 bits per heavy atom. The van der Waals surface area contributed by atoms with E-state index in [4.69, 9.17) is 14.0 Å². The Bertz CT molecular complexity index is 715. The van der Waals surface area contributed by atoms with Gasteiger partial charge in [0.2, 0.25) is 5.89 Å². The molecular formula is C18H33IN6O4. The van der Waals surface area contributed by atoms with Crippen molar-refractivity contribution in [1.82, 2.24) is 25.7 Å². The molecule has 11 heteroatoms. The molecule has 10 nitrogen and oxygen atoms in total. The summed E-state index contributed by atoms with van der Waals surface area (Å²) in [6.07, 6.45) is -0.579. The van der Waals surface area contributed by atoms with Gasteiger partial charge in [-0.15, -0.1) is 24.0 Å². The van der Waals surface area contributed by atoms with Crippen molar-refractivity contribution in [3.8, 4) is 0 Å². The fourth-order valence-corrected chi connectivity index (χ4v) is 3.12. The molecule has 2 rings (SSSR count). The van der Waals surface area contributed by atoms with Crippen molar-refractivity contribution in [2.24, 2.45) is 4.99 Å². The van der Waals surface area contributed by atoms with Crippen LogP contribution in [0, 0.1) is 6.92 Å². The van der Waals surface area contributed by atoms with E-state index in [1.807, 2.05) is 41.5 Å². The van der Waals surface area contributed by atoms with Crippen LogP contribution in [0.15, 0.2) is 9.52 Å². The Balaban J connectivity index is 0.00000420. The van der Waals surface area contributed by atoms with E-state index in [0.717, 1.165) is 0 Å². The molecule has 29 heavy (non-hydrogen) atoms. The molecule has 0 aromatic carbocycles. The van der Waals surface area contributed by atoms with Crippen LogP contribution in [0.1, 0.15) is 53.3 Å². The highest BCUT2D eigenvalue weighted by Crippen LogP contribution is 2.33. The van der Waals surface area contributed by atoms with E-state index in [2.05, 4.69) is 25.8 Å². The lowest BCUT2D eigenvalue weighted by atomic mass is 10.1. The van der Waals surface area contributed by atoms with Crippen LogP contribution in [-0.2, 0) is 16.0 Å². The predicted molar refractivity (Wildman–Crippen MR) is 119 cm³/mol. The number of rotatable bonds is 4. The van der Waals surface area contributed by atoms with Crippen molar-refractivity contribution in [2.75, 3.05) is 13.6 Å². The number of halogens is 1.